The quantitative estimate of drug-likeness (QED) is 0.475. The summed E-state index contributed by atoms with van der Waals surface area (Å²) in [7, 11) is 5.67. The lowest BCUT2D eigenvalue weighted by atomic mass is 10.2. The second kappa shape index (κ2) is 9.87. The smallest absolute Gasteiger partial charge is 0.252 e. The molecule has 1 amide bonds. The lowest BCUT2D eigenvalue weighted by molar-refractivity contribution is -0.114. The number of carbonyl (C=O) groups is 1. The highest BCUT2D eigenvalue weighted by Crippen LogP contribution is 2.31. The molecule has 0 atom stereocenters. The van der Waals surface area contributed by atoms with Crippen molar-refractivity contribution >= 4 is 50.3 Å². The Morgan fingerprint density at radius 1 is 1.21 bits per heavy atom. The molecular weight excluding hydrogens is 406 g/mol. The van der Waals surface area contributed by atoms with Crippen molar-refractivity contribution < 1.29 is 9.53 Å². The monoisotopic (exact) mass is 429 g/mol. The molecule has 0 radical (unpaired) electrons. The molecule has 29 heavy (non-hydrogen) atoms. The molecule has 0 aliphatic carbocycles. The molecule has 0 fully saturated rings. The molecule has 0 saturated carbocycles. The van der Waals surface area contributed by atoms with Gasteiger partial charge < -0.3 is 9.64 Å². The van der Waals surface area contributed by atoms with Crippen LogP contribution in [0.1, 0.15) is 12.0 Å². The maximum absolute atomic E-state index is 13.0. The van der Waals surface area contributed by atoms with Gasteiger partial charge in [-0.05, 0) is 56.9 Å². The average molecular weight is 430 g/mol. The number of fused-ring (bicyclic) bond motifs is 1. The third-order valence-corrected chi connectivity index (χ3v) is 5.78. The van der Waals surface area contributed by atoms with E-state index in [1.807, 2.05) is 56.6 Å². The summed E-state index contributed by atoms with van der Waals surface area (Å²) in [5.74, 6) is 0.633. The van der Waals surface area contributed by atoms with Gasteiger partial charge in [-0.1, -0.05) is 41.1 Å². The number of rotatable bonds is 8. The van der Waals surface area contributed by atoms with Crippen LogP contribution in [0.25, 0.3) is 16.3 Å². The van der Waals surface area contributed by atoms with E-state index >= 15 is 0 Å². The van der Waals surface area contributed by atoms with Crippen LogP contribution in [0.2, 0.25) is 5.02 Å². The van der Waals surface area contributed by atoms with Gasteiger partial charge >= 0.3 is 0 Å². The summed E-state index contributed by atoms with van der Waals surface area (Å²) in [6.07, 6.45) is 4.15. The fraction of sp³-hybridized carbons (Fsp3) is 0.273. The summed E-state index contributed by atoms with van der Waals surface area (Å²) in [5.41, 5.74) is 1.63. The lowest BCUT2D eigenvalue weighted by Gasteiger charge is -2.19. The predicted molar refractivity (Wildman–Crippen MR) is 122 cm³/mol. The van der Waals surface area contributed by atoms with Gasteiger partial charge in [0.25, 0.3) is 5.91 Å². The van der Waals surface area contributed by atoms with Crippen molar-refractivity contribution in [3.05, 3.63) is 59.1 Å². The van der Waals surface area contributed by atoms with Gasteiger partial charge in [-0.25, -0.2) is 4.98 Å². The molecule has 7 heteroatoms. The number of nitrogens with zero attached hydrogens (tertiary/aromatic N) is 3. The second-order valence-electron chi connectivity index (χ2n) is 6.83. The molecule has 1 aromatic heterocycles. The van der Waals surface area contributed by atoms with Crippen molar-refractivity contribution in [2.24, 2.45) is 0 Å². The average Bonchev–Trinajstić information content (AvgIpc) is 3.12. The summed E-state index contributed by atoms with van der Waals surface area (Å²) in [5, 5.41) is 1.30. The number of carbonyl (C=O) groups excluding carboxylic acids is 1. The number of methoxy groups -OCH3 is 1. The number of halogens is 1. The molecule has 3 aromatic rings. The number of benzene rings is 2. The minimum atomic E-state index is -0.116. The van der Waals surface area contributed by atoms with Gasteiger partial charge in [0.15, 0.2) is 5.13 Å². The van der Waals surface area contributed by atoms with E-state index in [1.54, 1.807) is 24.2 Å². The lowest BCUT2D eigenvalue weighted by Crippen LogP contribution is -2.32. The number of hydrogen-bond acceptors (Lipinski definition) is 5. The molecule has 0 N–H and O–H groups in total. The first-order valence-electron chi connectivity index (χ1n) is 9.31. The van der Waals surface area contributed by atoms with E-state index in [-0.39, 0.29) is 5.91 Å². The molecule has 0 saturated heterocycles. The van der Waals surface area contributed by atoms with Gasteiger partial charge in [0.05, 0.1) is 17.3 Å². The van der Waals surface area contributed by atoms with Crippen LogP contribution < -0.4 is 9.64 Å². The Labute approximate surface area is 180 Å². The third-order valence-electron chi connectivity index (χ3n) is 4.38. The fourth-order valence-electron chi connectivity index (χ4n) is 2.84. The van der Waals surface area contributed by atoms with Crippen molar-refractivity contribution in [2.45, 2.75) is 6.42 Å². The van der Waals surface area contributed by atoms with Crippen LogP contribution in [0, 0.1) is 0 Å². The van der Waals surface area contributed by atoms with Crippen LogP contribution in [0.5, 0.6) is 5.75 Å². The van der Waals surface area contributed by atoms with Crippen molar-refractivity contribution in [3.8, 4) is 5.75 Å². The van der Waals surface area contributed by atoms with Crippen molar-refractivity contribution in [1.82, 2.24) is 9.88 Å². The Kier molecular flexibility index (Phi) is 7.25. The SMILES string of the molecule is COc1ccc2sc(N(CCCN(C)C)C(=O)/C=C/c3ccccc3Cl)nc2c1. The van der Waals surface area contributed by atoms with Crippen LogP contribution in [-0.4, -0.2) is 50.1 Å². The first-order valence-corrected chi connectivity index (χ1v) is 10.5. The number of anilines is 1. The Morgan fingerprint density at radius 3 is 2.72 bits per heavy atom. The van der Waals surface area contributed by atoms with Gasteiger partial charge in [0.2, 0.25) is 0 Å². The van der Waals surface area contributed by atoms with Gasteiger partial charge in [-0.3, -0.25) is 9.69 Å². The Morgan fingerprint density at radius 2 is 2.00 bits per heavy atom. The highest BCUT2D eigenvalue weighted by atomic mass is 35.5. The van der Waals surface area contributed by atoms with Crippen LogP contribution in [0.4, 0.5) is 5.13 Å². The number of amides is 1. The van der Waals surface area contributed by atoms with Crippen LogP contribution in [0.3, 0.4) is 0 Å². The van der Waals surface area contributed by atoms with E-state index < -0.39 is 0 Å². The zero-order valence-electron chi connectivity index (χ0n) is 16.8. The molecule has 1 heterocycles. The zero-order chi connectivity index (χ0) is 20.8. The normalized spacial score (nSPS) is 11.5. The molecular formula is C22H24ClN3O2S. The van der Waals surface area contributed by atoms with Crippen LogP contribution in [-0.2, 0) is 4.79 Å². The van der Waals surface area contributed by atoms with E-state index in [0.29, 0.717) is 16.7 Å². The molecule has 2 aromatic carbocycles. The highest BCUT2D eigenvalue weighted by Gasteiger charge is 2.18. The fourth-order valence-corrected chi connectivity index (χ4v) is 4.02. The number of thiazole rings is 1. The minimum Gasteiger partial charge on any atom is -0.497 e. The van der Waals surface area contributed by atoms with E-state index in [2.05, 4.69) is 9.88 Å². The van der Waals surface area contributed by atoms with E-state index in [9.17, 15) is 4.79 Å². The van der Waals surface area contributed by atoms with Crippen molar-refractivity contribution in [3.63, 3.8) is 0 Å². The number of hydrogen-bond donors (Lipinski definition) is 0. The minimum absolute atomic E-state index is 0.116. The largest absolute Gasteiger partial charge is 0.497 e. The summed E-state index contributed by atoms with van der Waals surface area (Å²) < 4.78 is 6.30. The molecule has 0 spiro atoms. The Bertz CT molecular complexity index is 1020. The van der Waals surface area contributed by atoms with E-state index in [1.165, 1.54) is 11.3 Å². The number of aromatic nitrogens is 1. The summed E-state index contributed by atoms with van der Waals surface area (Å²) in [6.45, 7) is 1.47. The zero-order valence-corrected chi connectivity index (χ0v) is 18.3. The van der Waals surface area contributed by atoms with E-state index in [0.717, 1.165) is 34.5 Å². The summed E-state index contributed by atoms with van der Waals surface area (Å²) in [4.78, 5) is 21.5. The third kappa shape index (κ3) is 5.56. The maximum Gasteiger partial charge on any atom is 0.252 e. The number of ether oxygens (including phenoxy) is 1. The van der Waals surface area contributed by atoms with Gasteiger partial charge in [-0.15, -0.1) is 0 Å². The van der Waals surface area contributed by atoms with Gasteiger partial charge in [-0.2, -0.15) is 0 Å². The van der Waals surface area contributed by atoms with Crippen LogP contribution >= 0.6 is 22.9 Å². The first kappa shape index (κ1) is 21.3. The molecule has 0 bridgehead atoms. The van der Waals surface area contributed by atoms with Crippen molar-refractivity contribution in [1.29, 1.82) is 0 Å². The first-order chi connectivity index (χ1) is 14.0. The molecule has 152 valence electrons. The topological polar surface area (TPSA) is 45.7 Å². The molecule has 5 nitrogen and oxygen atoms in total. The van der Waals surface area contributed by atoms with E-state index in [4.69, 9.17) is 16.3 Å². The predicted octanol–water partition coefficient (Wildman–Crippen LogP) is 4.96. The molecule has 0 aliphatic rings. The van der Waals surface area contributed by atoms with Crippen LogP contribution in [0.15, 0.2) is 48.5 Å². The van der Waals surface area contributed by atoms with Crippen molar-refractivity contribution in [2.75, 3.05) is 39.2 Å². The highest BCUT2D eigenvalue weighted by molar-refractivity contribution is 7.22. The molecule has 0 aliphatic heterocycles. The Balaban J connectivity index is 1.87. The van der Waals surface area contributed by atoms with Gasteiger partial charge in [0, 0.05) is 23.7 Å². The molecule has 3 rings (SSSR count). The maximum atomic E-state index is 13.0. The standard InChI is InChI=1S/C22H24ClN3O2S/c1-25(2)13-6-14-26(21(27)12-9-16-7-4-5-8-18(16)23)22-24-19-15-17(28-3)10-11-20(19)29-22/h4-5,7-12,15H,6,13-14H2,1-3H3/b12-9+. The summed E-state index contributed by atoms with van der Waals surface area (Å²) >= 11 is 7.70. The summed E-state index contributed by atoms with van der Waals surface area (Å²) in [6, 6.07) is 13.2. The molecule has 0 unspecified atom stereocenters. The Hall–Kier alpha value is -2.41. The second-order valence-corrected chi connectivity index (χ2v) is 8.25. The van der Waals surface area contributed by atoms with Gasteiger partial charge in [0.1, 0.15) is 5.75 Å².